The molecule has 3 aromatic rings. The first kappa shape index (κ1) is 13.9. The fourth-order valence-electron chi connectivity index (χ4n) is 1.96. The van der Waals surface area contributed by atoms with Gasteiger partial charge in [-0.3, -0.25) is 14.9 Å². The first-order chi connectivity index (χ1) is 10.7. The number of rotatable bonds is 4. The second-order valence-corrected chi connectivity index (χ2v) is 4.75. The van der Waals surface area contributed by atoms with E-state index in [1.807, 2.05) is 25.1 Å². The van der Waals surface area contributed by atoms with E-state index in [-0.39, 0.29) is 12.5 Å². The molecule has 0 aliphatic rings. The summed E-state index contributed by atoms with van der Waals surface area (Å²) >= 11 is 0. The maximum Gasteiger partial charge on any atom is 0.251 e. The molecule has 2 heterocycles. The van der Waals surface area contributed by atoms with Gasteiger partial charge in [0.05, 0.1) is 12.7 Å². The molecule has 0 bridgehead atoms. The lowest BCUT2D eigenvalue weighted by Gasteiger charge is -2.03. The minimum Gasteiger partial charge on any atom is -0.345 e. The molecule has 22 heavy (non-hydrogen) atoms. The molecule has 110 valence electrons. The van der Waals surface area contributed by atoms with Crippen molar-refractivity contribution >= 4 is 5.91 Å². The van der Waals surface area contributed by atoms with Crippen LogP contribution in [0.4, 0.5) is 0 Å². The van der Waals surface area contributed by atoms with Crippen LogP contribution in [-0.4, -0.2) is 31.1 Å². The van der Waals surface area contributed by atoms with Gasteiger partial charge in [0.2, 0.25) is 5.82 Å². The van der Waals surface area contributed by atoms with E-state index in [2.05, 4.69) is 30.5 Å². The van der Waals surface area contributed by atoms with Crippen molar-refractivity contribution in [1.29, 1.82) is 0 Å². The standard InChI is InChI=1S/C15H14N6O/c1-10-3-2-4-11(7-10)15(22)18-9-13-19-14(21-20-13)12-8-16-5-6-17-12/h2-8H,9H2,1H3,(H,18,22)(H,19,20,21). The molecule has 1 amide bonds. The molecule has 0 unspecified atom stereocenters. The highest BCUT2D eigenvalue weighted by Crippen LogP contribution is 2.09. The summed E-state index contributed by atoms with van der Waals surface area (Å²) in [5, 5.41) is 9.64. The second kappa shape index (κ2) is 6.13. The number of amides is 1. The van der Waals surface area contributed by atoms with E-state index in [9.17, 15) is 4.79 Å². The fourth-order valence-corrected chi connectivity index (χ4v) is 1.96. The predicted molar refractivity (Wildman–Crippen MR) is 79.8 cm³/mol. The Morgan fingerprint density at radius 1 is 1.32 bits per heavy atom. The van der Waals surface area contributed by atoms with Gasteiger partial charge >= 0.3 is 0 Å². The summed E-state index contributed by atoms with van der Waals surface area (Å²) in [4.78, 5) is 24.4. The lowest BCUT2D eigenvalue weighted by molar-refractivity contribution is 0.0950. The number of carbonyl (C=O) groups excluding carboxylic acids is 1. The summed E-state index contributed by atoms with van der Waals surface area (Å²) in [5.41, 5.74) is 2.24. The average molecular weight is 294 g/mol. The molecule has 0 fully saturated rings. The van der Waals surface area contributed by atoms with Crippen molar-refractivity contribution in [1.82, 2.24) is 30.5 Å². The molecule has 0 radical (unpaired) electrons. The number of benzene rings is 1. The lowest BCUT2D eigenvalue weighted by atomic mass is 10.1. The van der Waals surface area contributed by atoms with Crippen LogP contribution in [0.15, 0.2) is 42.9 Å². The highest BCUT2D eigenvalue weighted by atomic mass is 16.1. The largest absolute Gasteiger partial charge is 0.345 e. The number of nitrogens with one attached hydrogen (secondary N) is 2. The van der Waals surface area contributed by atoms with Crippen LogP contribution in [0.25, 0.3) is 11.5 Å². The van der Waals surface area contributed by atoms with Crippen LogP contribution in [0.1, 0.15) is 21.7 Å². The Morgan fingerprint density at radius 2 is 2.23 bits per heavy atom. The molecule has 0 spiro atoms. The molecule has 0 atom stereocenters. The van der Waals surface area contributed by atoms with Gasteiger partial charge in [-0.05, 0) is 19.1 Å². The molecular weight excluding hydrogens is 280 g/mol. The van der Waals surface area contributed by atoms with Gasteiger partial charge in [-0.25, -0.2) is 9.97 Å². The zero-order valence-electron chi connectivity index (χ0n) is 11.9. The van der Waals surface area contributed by atoms with Gasteiger partial charge in [-0.2, -0.15) is 5.10 Å². The minimum absolute atomic E-state index is 0.152. The van der Waals surface area contributed by atoms with E-state index in [4.69, 9.17) is 0 Å². The van der Waals surface area contributed by atoms with Crippen LogP contribution in [-0.2, 0) is 6.54 Å². The molecule has 7 nitrogen and oxygen atoms in total. The van der Waals surface area contributed by atoms with Crippen molar-refractivity contribution in [2.24, 2.45) is 0 Å². The minimum atomic E-state index is -0.152. The molecule has 0 aliphatic carbocycles. The van der Waals surface area contributed by atoms with Gasteiger partial charge in [0.1, 0.15) is 11.5 Å². The third-order valence-corrected chi connectivity index (χ3v) is 3.02. The first-order valence-corrected chi connectivity index (χ1v) is 6.75. The highest BCUT2D eigenvalue weighted by molar-refractivity contribution is 5.94. The molecule has 2 N–H and O–H groups in total. The SMILES string of the molecule is Cc1cccc(C(=O)NCc2nc(-c3cnccn3)n[nH]2)c1. The van der Waals surface area contributed by atoms with Crippen LogP contribution >= 0.6 is 0 Å². The van der Waals surface area contributed by atoms with Gasteiger partial charge in [-0.15, -0.1) is 0 Å². The average Bonchev–Trinajstić information content (AvgIpc) is 3.02. The van der Waals surface area contributed by atoms with Gasteiger partial charge in [0.25, 0.3) is 5.91 Å². The first-order valence-electron chi connectivity index (χ1n) is 6.75. The third kappa shape index (κ3) is 3.14. The normalized spacial score (nSPS) is 10.4. The van der Waals surface area contributed by atoms with Crippen LogP contribution < -0.4 is 5.32 Å². The predicted octanol–water partition coefficient (Wildman–Crippen LogP) is 1.50. The van der Waals surface area contributed by atoms with E-state index in [1.54, 1.807) is 24.7 Å². The number of carbonyl (C=O) groups is 1. The van der Waals surface area contributed by atoms with Crippen LogP contribution in [0.3, 0.4) is 0 Å². The Hall–Kier alpha value is -3.09. The molecule has 3 rings (SSSR count). The number of nitrogens with zero attached hydrogens (tertiary/aromatic N) is 4. The van der Waals surface area contributed by atoms with Crippen molar-refractivity contribution in [3.05, 3.63) is 59.8 Å². The van der Waals surface area contributed by atoms with Gasteiger partial charge in [0.15, 0.2) is 0 Å². The number of aromatic amines is 1. The highest BCUT2D eigenvalue weighted by Gasteiger charge is 2.09. The van der Waals surface area contributed by atoms with E-state index >= 15 is 0 Å². The summed E-state index contributed by atoms with van der Waals surface area (Å²) in [6.45, 7) is 2.21. The number of aryl methyl sites for hydroxylation is 1. The Kier molecular flexibility index (Phi) is 3.86. The molecule has 0 saturated carbocycles. The van der Waals surface area contributed by atoms with Crippen LogP contribution in [0, 0.1) is 6.92 Å². The van der Waals surface area contributed by atoms with Crippen LogP contribution in [0.5, 0.6) is 0 Å². The van der Waals surface area contributed by atoms with Gasteiger partial charge in [0, 0.05) is 18.0 Å². The van der Waals surface area contributed by atoms with Crippen molar-refractivity contribution in [2.75, 3.05) is 0 Å². The molecule has 1 aromatic carbocycles. The van der Waals surface area contributed by atoms with E-state index < -0.39 is 0 Å². The molecular formula is C15H14N6O. The molecule has 2 aromatic heterocycles. The quantitative estimate of drug-likeness (QED) is 0.760. The Bertz CT molecular complexity index is 783. The Morgan fingerprint density at radius 3 is 3.00 bits per heavy atom. The second-order valence-electron chi connectivity index (χ2n) is 4.75. The summed E-state index contributed by atoms with van der Waals surface area (Å²) in [6.07, 6.45) is 4.74. The maximum absolute atomic E-state index is 12.1. The lowest BCUT2D eigenvalue weighted by Crippen LogP contribution is -2.23. The molecule has 0 saturated heterocycles. The van der Waals surface area contributed by atoms with Crippen molar-refractivity contribution in [2.45, 2.75) is 13.5 Å². The number of aromatic nitrogens is 5. The zero-order valence-corrected chi connectivity index (χ0v) is 11.9. The number of hydrogen-bond acceptors (Lipinski definition) is 5. The zero-order chi connectivity index (χ0) is 15.4. The number of H-pyrrole nitrogens is 1. The summed E-state index contributed by atoms with van der Waals surface area (Å²) in [7, 11) is 0. The Balaban J connectivity index is 1.65. The van der Waals surface area contributed by atoms with Crippen molar-refractivity contribution in [3.8, 4) is 11.5 Å². The third-order valence-electron chi connectivity index (χ3n) is 3.02. The van der Waals surface area contributed by atoms with Crippen molar-refractivity contribution in [3.63, 3.8) is 0 Å². The summed E-state index contributed by atoms with van der Waals surface area (Å²) in [6, 6.07) is 7.40. The maximum atomic E-state index is 12.1. The summed E-state index contributed by atoms with van der Waals surface area (Å²) < 4.78 is 0. The molecule has 7 heteroatoms. The monoisotopic (exact) mass is 294 g/mol. The Labute approximate surface area is 126 Å². The smallest absolute Gasteiger partial charge is 0.251 e. The topological polar surface area (TPSA) is 96.5 Å². The van der Waals surface area contributed by atoms with E-state index in [0.717, 1.165) is 5.56 Å². The van der Waals surface area contributed by atoms with Gasteiger partial charge in [-0.1, -0.05) is 17.7 Å². The summed E-state index contributed by atoms with van der Waals surface area (Å²) in [5.74, 6) is 0.857. The van der Waals surface area contributed by atoms with Crippen molar-refractivity contribution < 1.29 is 4.79 Å². The molecule has 0 aliphatic heterocycles. The van der Waals surface area contributed by atoms with Crippen LogP contribution in [0.2, 0.25) is 0 Å². The van der Waals surface area contributed by atoms with Gasteiger partial charge < -0.3 is 5.32 Å². The van der Waals surface area contributed by atoms with E-state index in [1.165, 1.54) is 0 Å². The number of hydrogen-bond donors (Lipinski definition) is 2. The van der Waals surface area contributed by atoms with E-state index in [0.29, 0.717) is 22.9 Å². The fraction of sp³-hybridized carbons (Fsp3) is 0.133.